The predicted molar refractivity (Wildman–Crippen MR) is 95.8 cm³/mol. The fraction of sp³-hybridized carbons (Fsp3) is 0.632. The van der Waals surface area contributed by atoms with Gasteiger partial charge in [0.2, 0.25) is 5.91 Å². The highest BCUT2D eigenvalue weighted by molar-refractivity contribution is 7.99. The van der Waals surface area contributed by atoms with Gasteiger partial charge in [0.25, 0.3) is 0 Å². The van der Waals surface area contributed by atoms with Crippen LogP contribution < -0.4 is 10.1 Å². The van der Waals surface area contributed by atoms with Crippen LogP contribution in [0.3, 0.4) is 0 Å². The minimum absolute atomic E-state index is 0.171. The molecule has 2 aliphatic carbocycles. The summed E-state index contributed by atoms with van der Waals surface area (Å²) in [6.07, 6.45) is 5.51. The number of amides is 1. The fourth-order valence-electron chi connectivity index (χ4n) is 4.21. The maximum atomic E-state index is 12.1. The highest BCUT2D eigenvalue weighted by Crippen LogP contribution is 2.49. The van der Waals surface area contributed by atoms with E-state index >= 15 is 0 Å². The highest BCUT2D eigenvalue weighted by atomic mass is 32.2. The van der Waals surface area contributed by atoms with E-state index in [2.05, 4.69) is 12.2 Å². The van der Waals surface area contributed by atoms with E-state index < -0.39 is 0 Å². The van der Waals surface area contributed by atoms with Crippen molar-refractivity contribution in [3.05, 3.63) is 30.3 Å². The topological polar surface area (TPSA) is 38.3 Å². The van der Waals surface area contributed by atoms with Crippen molar-refractivity contribution >= 4 is 17.7 Å². The molecule has 0 aliphatic heterocycles. The van der Waals surface area contributed by atoms with Crippen molar-refractivity contribution in [1.82, 2.24) is 5.32 Å². The summed E-state index contributed by atoms with van der Waals surface area (Å²) in [5.41, 5.74) is 0. The first-order valence-electron chi connectivity index (χ1n) is 8.77. The third kappa shape index (κ3) is 4.66. The Bertz CT molecular complexity index is 507. The zero-order valence-electron chi connectivity index (χ0n) is 13.9. The van der Waals surface area contributed by atoms with Crippen molar-refractivity contribution in [3.8, 4) is 5.75 Å². The second-order valence-electron chi connectivity index (χ2n) is 6.91. The smallest absolute Gasteiger partial charge is 0.230 e. The first kappa shape index (κ1) is 16.7. The zero-order chi connectivity index (χ0) is 16.1. The third-order valence-corrected chi connectivity index (χ3v) is 6.22. The number of ether oxygens (including phenoxy) is 1. The fourth-order valence-corrected chi connectivity index (χ4v) is 4.82. The van der Waals surface area contributed by atoms with Crippen LogP contribution in [0.25, 0.3) is 0 Å². The van der Waals surface area contributed by atoms with Gasteiger partial charge in [0, 0.05) is 11.8 Å². The van der Waals surface area contributed by atoms with Gasteiger partial charge in [-0.15, -0.1) is 11.8 Å². The molecule has 0 heterocycles. The number of carbonyl (C=O) groups is 1. The molecule has 1 aromatic rings. The van der Waals surface area contributed by atoms with E-state index in [9.17, 15) is 4.79 Å². The number of benzene rings is 1. The Kier molecular flexibility index (Phi) is 5.87. The van der Waals surface area contributed by atoms with Crippen LogP contribution in [-0.2, 0) is 4.79 Å². The Hall–Kier alpha value is -1.16. The van der Waals surface area contributed by atoms with Gasteiger partial charge in [-0.1, -0.05) is 24.6 Å². The first-order chi connectivity index (χ1) is 11.2. The van der Waals surface area contributed by atoms with E-state index in [0.717, 1.165) is 23.3 Å². The molecule has 4 heteroatoms. The van der Waals surface area contributed by atoms with Crippen LogP contribution in [0.4, 0.5) is 0 Å². The van der Waals surface area contributed by atoms with Crippen LogP contribution >= 0.6 is 11.8 Å². The van der Waals surface area contributed by atoms with Crippen molar-refractivity contribution < 1.29 is 9.53 Å². The summed E-state index contributed by atoms with van der Waals surface area (Å²) in [5, 5.41) is 3.21. The predicted octanol–water partition coefficient (Wildman–Crippen LogP) is 3.74. The van der Waals surface area contributed by atoms with Crippen molar-refractivity contribution in [2.45, 2.75) is 38.6 Å². The largest absolute Gasteiger partial charge is 0.493 e. The molecule has 0 radical (unpaired) electrons. The minimum Gasteiger partial charge on any atom is -0.493 e. The maximum Gasteiger partial charge on any atom is 0.230 e. The third-order valence-electron chi connectivity index (χ3n) is 5.30. The molecule has 126 valence electrons. The lowest BCUT2D eigenvalue weighted by atomic mass is 9.84. The Morgan fingerprint density at radius 1 is 1.30 bits per heavy atom. The van der Waals surface area contributed by atoms with E-state index in [0.29, 0.717) is 24.3 Å². The second-order valence-corrected chi connectivity index (χ2v) is 8.01. The number of nitrogens with one attached hydrogen (secondary N) is 1. The first-order valence-corrected chi connectivity index (χ1v) is 9.93. The summed E-state index contributed by atoms with van der Waals surface area (Å²) < 4.78 is 5.63. The minimum atomic E-state index is 0.171. The van der Waals surface area contributed by atoms with E-state index in [1.54, 1.807) is 11.8 Å². The molecule has 0 spiro atoms. The molecule has 4 atom stereocenters. The van der Waals surface area contributed by atoms with E-state index in [1.165, 1.54) is 25.7 Å². The number of fused-ring (bicyclic) bond motifs is 2. The zero-order valence-corrected chi connectivity index (χ0v) is 14.7. The SMILES string of the molecule is CC(NC(=O)CSCCOc1ccccc1)C1CC2CCC1C2. The van der Waals surface area contributed by atoms with Gasteiger partial charge >= 0.3 is 0 Å². The molecule has 2 saturated carbocycles. The summed E-state index contributed by atoms with van der Waals surface area (Å²) in [7, 11) is 0. The molecular formula is C19H27NO2S. The molecule has 4 unspecified atom stereocenters. The van der Waals surface area contributed by atoms with Crippen LogP contribution in [0.1, 0.15) is 32.6 Å². The number of para-hydroxylation sites is 1. The normalized spacial score (nSPS) is 26.9. The summed E-state index contributed by atoms with van der Waals surface area (Å²) in [4.78, 5) is 12.1. The lowest BCUT2D eigenvalue weighted by Crippen LogP contribution is -2.41. The molecule has 3 nitrogen and oxygen atoms in total. The average molecular weight is 333 g/mol. The van der Waals surface area contributed by atoms with Gasteiger partial charge in [0.15, 0.2) is 0 Å². The average Bonchev–Trinajstić information content (AvgIpc) is 3.18. The monoisotopic (exact) mass is 333 g/mol. The molecule has 23 heavy (non-hydrogen) atoms. The molecule has 1 aromatic carbocycles. The molecule has 2 bridgehead atoms. The van der Waals surface area contributed by atoms with Crippen molar-refractivity contribution in [2.24, 2.45) is 17.8 Å². The Balaban J connectivity index is 1.28. The number of hydrogen-bond donors (Lipinski definition) is 1. The van der Waals surface area contributed by atoms with Gasteiger partial charge in [0.1, 0.15) is 5.75 Å². The van der Waals surface area contributed by atoms with Gasteiger partial charge in [-0.25, -0.2) is 0 Å². The molecule has 2 aliphatic rings. The van der Waals surface area contributed by atoms with E-state index in [4.69, 9.17) is 4.74 Å². The van der Waals surface area contributed by atoms with E-state index in [-0.39, 0.29) is 5.91 Å². The molecule has 1 amide bonds. The lowest BCUT2D eigenvalue weighted by molar-refractivity contribution is -0.119. The molecule has 2 fully saturated rings. The van der Waals surface area contributed by atoms with Crippen LogP contribution in [0.2, 0.25) is 0 Å². The van der Waals surface area contributed by atoms with Gasteiger partial charge in [-0.05, 0) is 56.1 Å². The van der Waals surface area contributed by atoms with Gasteiger partial charge in [-0.2, -0.15) is 0 Å². The van der Waals surface area contributed by atoms with Crippen LogP contribution in [0.15, 0.2) is 30.3 Å². The molecule has 1 N–H and O–H groups in total. The number of carbonyl (C=O) groups excluding carboxylic acids is 1. The summed E-state index contributed by atoms with van der Waals surface area (Å²) in [6.45, 7) is 2.83. The van der Waals surface area contributed by atoms with Crippen molar-refractivity contribution in [3.63, 3.8) is 0 Å². The molecule has 0 saturated heterocycles. The second kappa shape index (κ2) is 8.09. The number of rotatable bonds is 8. The Morgan fingerprint density at radius 2 is 2.13 bits per heavy atom. The Labute approximate surface area is 143 Å². The summed E-state index contributed by atoms with van der Waals surface area (Å²) in [5.74, 6) is 4.95. The van der Waals surface area contributed by atoms with Crippen molar-refractivity contribution in [2.75, 3.05) is 18.1 Å². The standard InChI is InChI=1S/C19H27NO2S/c1-14(18-12-15-7-8-16(18)11-15)20-19(21)13-23-10-9-22-17-5-3-2-4-6-17/h2-6,14-16,18H,7-13H2,1H3,(H,20,21). The summed E-state index contributed by atoms with van der Waals surface area (Å²) >= 11 is 1.64. The quantitative estimate of drug-likeness (QED) is 0.737. The number of hydrogen-bond acceptors (Lipinski definition) is 3. The summed E-state index contributed by atoms with van der Waals surface area (Å²) in [6, 6.07) is 10.1. The molecular weight excluding hydrogens is 306 g/mol. The highest BCUT2D eigenvalue weighted by Gasteiger charge is 2.42. The maximum absolute atomic E-state index is 12.1. The Morgan fingerprint density at radius 3 is 2.83 bits per heavy atom. The van der Waals surface area contributed by atoms with Crippen molar-refractivity contribution in [1.29, 1.82) is 0 Å². The lowest BCUT2D eigenvalue weighted by Gasteiger charge is -2.28. The molecule has 0 aromatic heterocycles. The van der Waals surface area contributed by atoms with Crippen LogP contribution in [0, 0.1) is 17.8 Å². The van der Waals surface area contributed by atoms with Gasteiger partial charge < -0.3 is 10.1 Å². The number of thioether (sulfide) groups is 1. The van der Waals surface area contributed by atoms with E-state index in [1.807, 2.05) is 30.3 Å². The molecule has 3 rings (SSSR count). The van der Waals surface area contributed by atoms with Crippen LogP contribution in [-0.4, -0.2) is 30.1 Å². The van der Waals surface area contributed by atoms with Gasteiger partial charge in [-0.3, -0.25) is 4.79 Å². The van der Waals surface area contributed by atoms with Gasteiger partial charge in [0.05, 0.1) is 12.4 Å². The van der Waals surface area contributed by atoms with Crippen LogP contribution in [0.5, 0.6) is 5.75 Å².